The number of ether oxygens (including phenoxy) is 3. The Kier molecular flexibility index (Phi) is 4.68. The summed E-state index contributed by atoms with van der Waals surface area (Å²) in [4.78, 5) is 0. The van der Waals surface area contributed by atoms with Crippen LogP contribution in [0.5, 0.6) is 11.5 Å². The highest BCUT2D eigenvalue weighted by Gasteiger charge is 2.19. The summed E-state index contributed by atoms with van der Waals surface area (Å²) in [5, 5.41) is 10.2. The van der Waals surface area contributed by atoms with Gasteiger partial charge in [-0.25, -0.2) is 0 Å². The van der Waals surface area contributed by atoms with E-state index in [1.165, 1.54) is 0 Å². The van der Waals surface area contributed by atoms with Crippen LogP contribution in [0.3, 0.4) is 0 Å². The van der Waals surface area contributed by atoms with Crippen molar-refractivity contribution >= 4 is 0 Å². The molecule has 0 saturated carbocycles. The van der Waals surface area contributed by atoms with Crippen molar-refractivity contribution < 1.29 is 19.3 Å². The van der Waals surface area contributed by atoms with Gasteiger partial charge in [0, 0.05) is 6.42 Å². The summed E-state index contributed by atoms with van der Waals surface area (Å²) >= 11 is 0. The summed E-state index contributed by atoms with van der Waals surface area (Å²) in [5.74, 6) is 1.97. The quantitative estimate of drug-likeness (QED) is 0.858. The monoisotopic (exact) mass is 264 g/mol. The second kappa shape index (κ2) is 6.48. The molecule has 0 radical (unpaired) electrons. The van der Waals surface area contributed by atoms with Crippen LogP contribution in [0, 0.1) is 0 Å². The molecule has 0 aliphatic carbocycles. The molecule has 1 N–H and O–H groups in total. The van der Waals surface area contributed by atoms with Crippen molar-refractivity contribution in [1.82, 2.24) is 0 Å². The zero-order valence-electron chi connectivity index (χ0n) is 11.4. The standard InChI is InChI=1S/C15H20O4/c1-3-17-12-8-7-11(10-14(12)18-4-2)15(16)13-6-5-9-19-13/h6-8,10,15-16H,3-5,9H2,1-2H3. The number of hydrogen-bond acceptors (Lipinski definition) is 4. The van der Waals surface area contributed by atoms with Crippen LogP contribution in [0.4, 0.5) is 0 Å². The fourth-order valence-electron chi connectivity index (χ4n) is 2.03. The smallest absolute Gasteiger partial charge is 0.161 e. The molecule has 1 aliphatic rings. The molecule has 1 aromatic rings. The van der Waals surface area contributed by atoms with E-state index in [1.807, 2.05) is 38.1 Å². The first-order chi connectivity index (χ1) is 9.26. The summed E-state index contributed by atoms with van der Waals surface area (Å²) in [6.45, 7) is 5.62. The summed E-state index contributed by atoms with van der Waals surface area (Å²) in [6, 6.07) is 5.46. The van der Waals surface area contributed by atoms with Gasteiger partial charge in [-0.15, -0.1) is 0 Å². The van der Waals surface area contributed by atoms with Crippen molar-refractivity contribution in [2.75, 3.05) is 19.8 Å². The van der Waals surface area contributed by atoms with Crippen LogP contribution in [0.15, 0.2) is 30.0 Å². The van der Waals surface area contributed by atoms with E-state index in [-0.39, 0.29) is 0 Å². The van der Waals surface area contributed by atoms with Crippen molar-refractivity contribution in [2.24, 2.45) is 0 Å². The van der Waals surface area contributed by atoms with Gasteiger partial charge in [0.25, 0.3) is 0 Å². The van der Waals surface area contributed by atoms with Crippen LogP contribution in [-0.4, -0.2) is 24.9 Å². The highest BCUT2D eigenvalue weighted by atomic mass is 16.5. The molecule has 2 rings (SSSR count). The van der Waals surface area contributed by atoms with Gasteiger partial charge in [-0.05, 0) is 37.6 Å². The third-order valence-corrected chi connectivity index (χ3v) is 2.88. The molecule has 0 amide bonds. The van der Waals surface area contributed by atoms with Gasteiger partial charge in [-0.3, -0.25) is 0 Å². The first-order valence-electron chi connectivity index (χ1n) is 6.66. The molecule has 104 valence electrons. The van der Waals surface area contributed by atoms with Crippen LogP contribution in [-0.2, 0) is 4.74 Å². The number of rotatable bonds is 6. The zero-order valence-corrected chi connectivity index (χ0v) is 11.4. The number of hydrogen-bond donors (Lipinski definition) is 1. The molecular formula is C15H20O4. The lowest BCUT2D eigenvalue weighted by Crippen LogP contribution is -2.04. The lowest BCUT2D eigenvalue weighted by Gasteiger charge is -2.16. The van der Waals surface area contributed by atoms with Gasteiger partial charge in [0.2, 0.25) is 0 Å². The van der Waals surface area contributed by atoms with Crippen LogP contribution in [0.1, 0.15) is 31.9 Å². The summed E-state index contributed by atoms with van der Waals surface area (Å²) < 4.78 is 16.4. The molecule has 1 heterocycles. The summed E-state index contributed by atoms with van der Waals surface area (Å²) in [5.41, 5.74) is 0.750. The van der Waals surface area contributed by atoms with Gasteiger partial charge in [-0.1, -0.05) is 6.07 Å². The van der Waals surface area contributed by atoms with Crippen molar-refractivity contribution in [3.05, 3.63) is 35.6 Å². The largest absolute Gasteiger partial charge is 0.495 e. The Bertz CT molecular complexity index is 453. The maximum atomic E-state index is 10.2. The van der Waals surface area contributed by atoms with E-state index in [0.717, 1.165) is 12.0 Å². The first kappa shape index (κ1) is 13.7. The molecule has 1 atom stereocenters. The highest BCUT2D eigenvalue weighted by molar-refractivity contribution is 5.44. The van der Waals surface area contributed by atoms with Crippen LogP contribution < -0.4 is 9.47 Å². The number of aliphatic hydroxyl groups is 1. The minimum absolute atomic E-state index is 0.554. The zero-order chi connectivity index (χ0) is 13.7. The normalized spacial score (nSPS) is 15.6. The maximum Gasteiger partial charge on any atom is 0.161 e. The Morgan fingerprint density at radius 3 is 2.58 bits per heavy atom. The molecule has 1 unspecified atom stereocenters. The van der Waals surface area contributed by atoms with Crippen molar-refractivity contribution in [3.63, 3.8) is 0 Å². The van der Waals surface area contributed by atoms with Crippen molar-refractivity contribution in [3.8, 4) is 11.5 Å². The molecule has 0 bridgehead atoms. The van der Waals surface area contributed by atoms with E-state index in [0.29, 0.717) is 37.1 Å². The van der Waals surface area contributed by atoms with Gasteiger partial charge < -0.3 is 19.3 Å². The predicted octanol–water partition coefficient (Wildman–Crippen LogP) is 2.82. The van der Waals surface area contributed by atoms with Gasteiger partial charge >= 0.3 is 0 Å². The van der Waals surface area contributed by atoms with Gasteiger partial charge in [-0.2, -0.15) is 0 Å². The topological polar surface area (TPSA) is 47.9 Å². The van der Waals surface area contributed by atoms with Crippen LogP contribution >= 0.6 is 0 Å². The predicted molar refractivity (Wildman–Crippen MR) is 72.4 cm³/mol. The summed E-state index contributed by atoms with van der Waals surface area (Å²) in [6.07, 6.45) is 2.03. The lowest BCUT2D eigenvalue weighted by molar-refractivity contribution is 0.118. The molecule has 1 aromatic carbocycles. The Balaban J connectivity index is 2.23. The Morgan fingerprint density at radius 1 is 1.21 bits per heavy atom. The molecule has 4 heteroatoms. The van der Waals surface area contributed by atoms with E-state index >= 15 is 0 Å². The molecule has 4 nitrogen and oxygen atoms in total. The molecule has 0 spiro atoms. The van der Waals surface area contributed by atoms with Gasteiger partial charge in [0.1, 0.15) is 11.9 Å². The molecular weight excluding hydrogens is 244 g/mol. The third-order valence-electron chi connectivity index (χ3n) is 2.88. The minimum atomic E-state index is -0.739. The third kappa shape index (κ3) is 3.20. The Hall–Kier alpha value is -1.68. The second-order valence-electron chi connectivity index (χ2n) is 4.22. The lowest BCUT2D eigenvalue weighted by atomic mass is 10.1. The molecule has 0 fully saturated rings. The van der Waals surface area contributed by atoms with Gasteiger partial charge in [0.15, 0.2) is 11.5 Å². The fourth-order valence-corrected chi connectivity index (χ4v) is 2.03. The van der Waals surface area contributed by atoms with Crippen molar-refractivity contribution in [2.45, 2.75) is 26.4 Å². The average molecular weight is 264 g/mol. The highest BCUT2D eigenvalue weighted by Crippen LogP contribution is 2.34. The molecule has 0 aromatic heterocycles. The second-order valence-corrected chi connectivity index (χ2v) is 4.22. The minimum Gasteiger partial charge on any atom is -0.495 e. The van der Waals surface area contributed by atoms with E-state index in [9.17, 15) is 5.11 Å². The first-order valence-corrected chi connectivity index (χ1v) is 6.66. The van der Waals surface area contributed by atoms with Crippen LogP contribution in [0.25, 0.3) is 0 Å². The summed E-state index contributed by atoms with van der Waals surface area (Å²) in [7, 11) is 0. The maximum absolute atomic E-state index is 10.2. The van der Waals surface area contributed by atoms with E-state index in [1.54, 1.807) is 0 Å². The SMILES string of the molecule is CCOc1ccc(C(O)C2=CCCO2)cc1OCC. The average Bonchev–Trinajstić information content (AvgIpc) is 2.94. The fraction of sp³-hybridized carbons (Fsp3) is 0.467. The van der Waals surface area contributed by atoms with E-state index < -0.39 is 6.10 Å². The molecule has 19 heavy (non-hydrogen) atoms. The van der Waals surface area contributed by atoms with Gasteiger partial charge in [0.05, 0.1) is 19.8 Å². The molecule has 1 aliphatic heterocycles. The number of aliphatic hydroxyl groups excluding tert-OH is 1. The van der Waals surface area contributed by atoms with E-state index in [4.69, 9.17) is 14.2 Å². The van der Waals surface area contributed by atoms with Crippen molar-refractivity contribution in [1.29, 1.82) is 0 Å². The van der Waals surface area contributed by atoms with Crippen LogP contribution in [0.2, 0.25) is 0 Å². The van der Waals surface area contributed by atoms with E-state index in [2.05, 4.69) is 0 Å². The Labute approximate surface area is 113 Å². The Morgan fingerprint density at radius 2 is 1.95 bits per heavy atom. The molecule has 0 saturated heterocycles. The number of benzene rings is 1.